The summed E-state index contributed by atoms with van der Waals surface area (Å²) >= 11 is 0. The molecule has 0 unspecified atom stereocenters. The quantitative estimate of drug-likeness (QED) is 0.753. The molecule has 0 bridgehead atoms. The van der Waals surface area contributed by atoms with Gasteiger partial charge in [0.2, 0.25) is 5.76 Å². The smallest absolute Gasteiger partial charge is 0.374 e. The molecule has 0 aliphatic heterocycles. The van der Waals surface area contributed by atoms with E-state index in [1.165, 1.54) is 6.07 Å². The fourth-order valence-corrected chi connectivity index (χ4v) is 2.01. The first kappa shape index (κ1) is 11.3. The number of para-hydroxylation sites is 1. The van der Waals surface area contributed by atoms with Crippen molar-refractivity contribution in [1.82, 2.24) is 10.1 Å². The van der Waals surface area contributed by atoms with Gasteiger partial charge in [0.15, 0.2) is 0 Å². The summed E-state index contributed by atoms with van der Waals surface area (Å²) in [5.74, 6) is -0.617. The molecular formula is C13H10N2O4. The zero-order valence-electron chi connectivity index (χ0n) is 10.0. The third kappa shape index (κ3) is 1.74. The number of H-pyrrole nitrogens is 1. The second-order valence-corrected chi connectivity index (χ2v) is 3.97. The van der Waals surface area contributed by atoms with Gasteiger partial charge in [-0.2, -0.15) is 0 Å². The molecule has 96 valence electrons. The summed E-state index contributed by atoms with van der Waals surface area (Å²) in [5, 5.41) is 13.5. The van der Waals surface area contributed by atoms with Gasteiger partial charge < -0.3 is 19.4 Å². The van der Waals surface area contributed by atoms with Gasteiger partial charge >= 0.3 is 5.97 Å². The molecule has 3 rings (SSSR count). The van der Waals surface area contributed by atoms with Crippen LogP contribution in [-0.4, -0.2) is 28.3 Å². The van der Waals surface area contributed by atoms with Gasteiger partial charge in [0.1, 0.15) is 11.4 Å². The molecule has 0 saturated heterocycles. The summed E-state index contributed by atoms with van der Waals surface area (Å²) in [7, 11) is 1.59. The van der Waals surface area contributed by atoms with E-state index in [0.717, 1.165) is 16.5 Å². The normalized spacial score (nSPS) is 10.8. The Morgan fingerprint density at radius 2 is 2.32 bits per heavy atom. The highest BCUT2D eigenvalue weighted by molar-refractivity contribution is 5.98. The van der Waals surface area contributed by atoms with E-state index in [-0.39, 0.29) is 5.76 Å². The van der Waals surface area contributed by atoms with Crippen molar-refractivity contribution in [2.24, 2.45) is 0 Å². The minimum Gasteiger partial charge on any atom is -0.495 e. The Morgan fingerprint density at radius 3 is 3.00 bits per heavy atom. The third-order valence-corrected chi connectivity index (χ3v) is 2.89. The largest absolute Gasteiger partial charge is 0.495 e. The number of aromatic amines is 1. The summed E-state index contributed by atoms with van der Waals surface area (Å²) in [5.41, 5.74) is 2.07. The van der Waals surface area contributed by atoms with Gasteiger partial charge in [-0.15, -0.1) is 0 Å². The van der Waals surface area contributed by atoms with Gasteiger partial charge in [0, 0.05) is 23.2 Å². The average molecular weight is 258 g/mol. The molecule has 19 heavy (non-hydrogen) atoms. The molecule has 0 fully saturated rings. The molecule has 2 aromatic heterocycles. The summed E-state index contributed by atoms with van der Waals surface area (Å²) in [6, 6.07) is 6.99. The van der Waals surface area contributed by atoms with Crippen LogP contribution in [0.4, 0.5) is 0 Å². The maximum Gasteiger partial charge on any atom is 0.374 e. The van der Waals surface area contributed by atoms with Crippen LogP contribution in [0.5, 0.6) is 5.75 Å². The molecule has 6 nitrogen and oxygen atoms in total. The number of aromatic carboxylic acids is 1. The van der Waals surface area contributed by atoms with Crippen LogP contribution in [0.25, 0.3) is 22.2 Å². The van der Waals surface area contributed by atoms with Crippen LogP contribution in [0.1, 0.15) is 10.6 Å². The average Bonchev–Trinajstić information content (AvgIpc) is 3.04. The monoisotopic (exact) mass is 258 g/mol. The van der Waals surface area contributed by atoms with Crippen molar-refractivity contribution in [1.29, 1.82) is 0 Å². The van der Waals surface area contributed by atoms with E-state index in [9.17, 15) is 4.79 Å². The summed E-state index contributed by atoms with van der Waals surface area (Å²) in [6.07, 6.45) is 1.75. The minimum atomic E-state index is -1.14. The summed E-state index contributed by atoms with van der Waals surface area (Å²) in [6.45, 7) is 0. The summed E-state index contributed by atoms with van der Waals surface area (Å²) in [4.78, 5) is 13.9. The number of hydrogen-bond acceptors (Lipinski definition) is 4. The van der Waals surface area contributed by atoms with Crippen LogP contribution < -0.4 is 4.74 Å². The number of nitrogens with one attached hydrogen (secondary N) is 1. The Kier molecular flexibility index (Phi) is 2.49. The van der Waals surface area contributed by atoms with Gasteiger partial charge in [-0.3, -0.25) is 0 Å². The maximum atomic E-state index is 10.8. The molecule has 0 spiro atoms. The SMILES string of the molecule is COc1cccc2c(-c3cc(C(=O)O)on3)c[nH]c12. The molecule has 0 radical (unpaired) electrons. The number of ether oxygens (including phenoxy) is 1. The van der Waals surface area contributed by atoms with Crippen LogP contribution >= 0.6 is 0 Å². The number of carboxylic acids is 1. The first-order chi connectivity index (χ1) is 9.20. The molecular weight excluding hydrogens is 248 g/mol. The van der Waals surface area contributed by atoms with Gasteiger partial charge in [-0.25, -0.2) is 4.79 Å². The molecule has 0 saturated carbocycles. The van der Waals surface area contributed by atoms with Crippen molar-refractivity contribution in [3.8, 4) is 17.0 Å². The standard InChI is InChI=1S/C13H10N2O4/c1-18-10-4-2-3-7-8(6-14-12(7)10)9-5-11(13(16)17)19-15-9/h2-6,14H,1H3,(H,16,17). The van der Waals surface area contributed by atoms with Crippen LogP contribution in [0, 0.1) is 0 Å². The van der Waals surface area contributed by atoms with Crippen molar-refractivity contribution in [2.75, 3.05) is 7.11 Å². The zero-order valence-corrected chi connectivity index (χ0v) is 10.0. The van der Waals surface area contributed by atoms with E-state index in [4.69, 9.17) is 14.4 Å². The van der Waals surface area contributed by atoms with Crippen LogP contribution in [0.15, 0.2) is 35.0 Å². The number of aromatic nitrogens is 2. The molecule has 3 aromatic rings. The van der Waals surface area contributed by atoms with Crippen molar-refractivity contribution in [3.05, 3.63) is 36.2 Å². The van der Waals surface area contributed by atoms with Gasteiger partial charge in [0.25, 0.3) is 0 Å². The van der Waals surface area contributed by atoms with Crippen molar-refractivity contribution in [3.63, 3.8) is 0 Å². The van der Waals surface area contributed by atoms with Gasteiger partial charge in [0.05, 0.1) is 12.6 Å². The van der Waals surface area contributed by atoms with Gasteiger partial charge in [-0.05, 0) is 6.07 Å². The number of fused-ring (bicyclic) bond motifs is 1. The third-order valence-electron chi connectivity index (χ3n) is 2.89. The van der Waals surface area contributed by atoms with Crippen LogP contribution in [-0.2, 0) is 0 Å². The first-order valence-electron chi connectivity index (χ1n) is 5.55. The van der Waals surface area contributed by atoms with E-state index in [2.05, 4.69) is 10.1 Å². The highest BCUT2D eigenvalue weighted by Gasteiger charge is 2.16. The number of nitrogens with zero attached hydrogens (tertiary/aromatic N) is 1. The topological polar surface area (TPSA) is 88.3 Å². The van der Waals surface area contributed by atoms with Crippen LogP contribution in [0.2, 0.25) is 0 Å². The Morgan fingerprint density at radius 1 is 1.47 bits per heavy atom. The van der Waals surface area contributed by atoms with Crippen molar-refractivity contribution >= 4 is 16.9 Å². The molecule has 1 aromatic carbocycles. The van der Waals surface area contributed by atoms with E-state index < -0.39 is 5.97 Å². The Labute approximate surface area is 107 Å². The fraction of sp³-hybridized carbons (Fsp3) is 0.0769. The molecule has 2 heterocycles. The lowest BCUT2D eigenvalue weighted by atomic mass is 10.1. The Bertz CT molecular complexity index is 757. The number of carbonyl (C=O) groups is 1. The number of methoxy groups -OCH3 is 1. The van der Waals surface area contributed by atoms with Crippen molar-refractivity contribution in [2.45, 2.75) is 0 Å². The highest BCUT2D eigenvalue weighted by atomic mass is 16.5. The fourth-order valence-electron chi connectivity index (χ4n) is 2.01. The zero-order chi connectivity index (χ0) is 13.4. The van der Waals surface area contributed by atoms with Crippen molar-refractivity contribution < 1.29 is 19.2 Å². The number of benzene rings is 1. The van der Waals surface area contributed by atoms with E-state index in [0.29, 0.717) is 11.4 Å². The van der Waals surface area contributed by atoms with Crippen LogP contribution in [0.3, 0.4) is 0 Å². The van der Waals surface area contributed by atoms with E-state index in [1.54, 1.807) is 13.3 Å². The molecule has 2 N–H and O–H groups in total. The number of hydrogen-bond donors (Lipinski definition) is 2. The molecule has 0 atom stereocenters. The van der Waals surface area contributed by atoms with E-state index >= 15 is 0 Å². The lowest BCUT2D eigenvalue weighted by Gasteiger charge is -2.00. The predicted octanol–water partition coefficient (Wildman–Crippen LogP) is 2.53. The second-order valence-electron chi connectivity index (χ2n) is 3.97. The molecule has 0 aliphatic rings. The highest BCUT2D eigenvalue weighted by Crippen LogP contribution is 2.32. The molecule has 0 aliphatic carbocycles. The Hall–Kier alpha value is -2.76. The first-order valence-corrected chi connectivity index (χ1v) is 5.55. The van der Waals surface area contributed by atoms with Gasteiger partial charge in [-0.1, -0.05) is 17.3 Å². The molecule has 0 amide bonds. The summed E-state index contributed by atoms with van der Waals surface area (Å²) < 4.78 is 10.0. The predicted molar refractivity (Wildman–Crippen MR) is 67.3 cm³/mol. The molecule has 6 heteroatoms. The van der Waals surface area contributed by atoms with E-state index in [1.807, 2.05) is 18.2 Å². The lowest BCUT2D eigenvalue weighted by Crippen LogP contribution is -1.91. The Balaban J connectivity index is 2.17. The minimum absolute atomic E-state index is 0.188. The number of rotatable bonds is 3. The lowest BCUT2D eigenvalue weighted by molar-refractivity contribution is 0.0652. The second kappa shape index (κ2) is 4.16. The maximum absolute atomic E-state index is 10.8. The number of carboxylic acid groups (broad SMARTS) is 1.